The Morgan fingerprint density at radius 2 is 1.68 bits per heavy atom. The Morgan fingerprint density at radius 1 is 0.951 bits per heavy atom. The molecule has 0 bridgehead atoms. The predicted octanol–water partition coefficient (Wildman–Crippen LogP) is 6.37. The van der Waals surface area contributed by atoms with Crippen LogP contribution >= 0.6 is 0 Å². The van der Waals surface area contributed by atoms with Gasteiger partial charge in [0.1, 0.15) is 17.6 Å². The molecule has 1 saturated heterocycles. The van der Waals surface area contributed by atoms with Crippen LogP contribution in [0.25, 0.3) is 21.9 Å². The molecule has 1 atom stereocenters. The van der Waals surface area contributed by atoms with Crippen LogP contribution in [0.3, 0.4) is 0 Å². The molecule has 7 heteroatoms. The van der Waals surface area contributed by atoms with E-state index in [-0.39, 0.29) is 12.0 Å². The average Bonchev–Trinajstić information content (AvgIpc) is 2.97. The molecule has 0 unspecified atom stereocenters. The molecule has 1 aliphatic heterocycles. The third kappa shape index (κ3) is 6.25. The van der Waals surface area contributed by atoms with Crippen LogP contribution in [0.2, 0.25) is 0 Å². The number of nitrogens with zero attached hydrogens (tertiary/aromatic N) is 1. The van der Waals surface area contributed by atoms with Crippen molar-refractivity contribution in [1.82, 2.24) is 10.2 Å². The van der Waals surface area contributed by atoms with Crippen molar-refractivity contribution in [3.63, 3.8) is 0 Å². The molecular formula is C34H35FN2O4. The third-order valence-corrected chi connectivity index (χ3v) is 7.90. The Morgan fingerprint density at radius 3 is 2.41 bits per heavy atom. The molecule has 212 valence electrons. The lowest BCUT2D eigenvalue weighted by Gasteiger charge is -2.26. The molecule has 4 aromatic rings. The Bertz CT molecular complexity index is 1560. The number of rotatable bonds is 9. The lowest BCUT2D eigenvalue weighted by Crippen LogP contribution is -2.42. The van der Waals surface area contributed by atoms with Gasteiger partial charge in [-0.05, 0) is 78.0 Å². The minimum atomic E-state index is -1.24. The number of methoxy groups -OCH3 is 1. The molecule has 41 heavy (non-hydrogen) atoms. The number of halogens is 1. The van der Waals surface area contributed by atoms with E-state index in [9.17, 15) is 19.1 Å². The first-order valence-corrected chi connectivity index (χ1v) is 14.0. The van der Waals surface area contributed by atoms with E-state index in [4.69, 9.17) is 4.74 Å². The largest absolute Gasteiger partial charge is 0.496 e. The van der Waals surface area contributed by atoms with Gasteiger partial charge in [-0.15, -0.1) is 0 Å². The molecule has 2 N–H and O–H groups in total. The number of ether oxygens (including phenoxy) is 1. The van der Waals surface area contributed by atoms with Gasteiger partial charge in [0.2, 0.25) is 0 Å². The number of piperidine rings is 1. The minimum Gasteiger partial charge on any atom is -0.496 e. The topological polar surface area (TPSA) is 78.9 Å². The zero-order chi connectivity index (χ0) is 28.9. The molecule has 1 heterocycles. The van der Waals surface area contributed by atoms with Crippen molar-refractivity contribution in [1.29, 1.82) is 0 Å². The number of aryl methyl sites for hydroxylation is 1. The molecule has 0 spiro atoms. The molecule has 6 nitrogen and oxygen atoms in total. The number of carboxylic acids is 1. The highest BCUT2D eigenvalue weighted by molar-refractivity contribution is 6.01. The van der Waals surface area contributed by atoms with Crippen molar-refractivity contribution < 1.29 is 23.8 Å². The molecule has 0 saturated carbocycles. The van der Waals surface area contributed by atoms with E-state index < -0.39 is 23.7 Å². The second-order valence-corrected chi connectivity index (χ2v) is 10.7. The quantitative estimate of drug-likeness (QED) is 0.251. The molecule has 1 fully saturated rings. The van der Waals surface area contributed by atoms with Crippen molar-refractivity contribution in [3.05, 3.63) is 101 Å². The van der Waals surface area contributed by atoms with Crippen molar-refractivity contribution >= 4 is 22.6 Å². The van der Waals surface area contributed by atoms with Crippen LogP contribution < -0.4 is 10.1 Å². The first-order chi connectivity index (χ1) is 19.9. The fraction of sp³-hybridized carbons (Fsp3) is 0.294. The van der Waals surface area contributed by atoms with E-state index in [1.165, 1.54) is 37.0 Å². The van der Waals surface area contributed by atoms with Crippen LogP contribution in [0.4, 0.5) is 4.39 Å². The second-order valence-electron chi connectivity index (χ2n) is 10.7. The molecule has 4 aromatic carbocycles. The Hall–Kier alpha value is -4.23. The summed E-state index contributed by atoms with van der Waals surface area (Å²) in [4.78, 5) is 27.6. The number of carbonyl (C=O) groups excluding carboxylic acids is 1. The number of carbonyl (C=O) groups is 2. The van der Waals surface area contributed by atoms with E-state index in [1.54, 1.807) is 20.1 Å². The first-order valence-electron chi connectivity index (χ1n) is 14.0. The minimum absolute atomic E-state index is 0.0429. The summed E-state index contributed by atoms with van der Waals surface area (Å²) in [6.07, 6.45) is 3.82. The number of nitrogens with one attached hydrogen (secondary N) is 1. The van der Waals surface area contributed by atoms with E-state index >= 15 is 0 Å². The summed E-state index contributed by atoms with van der Waals surface area (Å²) >= 11 is 0. The molecular weight excluding hydrogens is 519 g/mol. The first kappa shape index (κ1) is 28.3. The maximum Gasteiger partial charge on any atom is 0.326 e. The smallest absolute Gasteiger partial charge is 0.326 e. The van der Waals surface area contributed by atoms with Gasteiger partial charge >= 0.3 is 5.97 Å². The SMILES string of the molecule is COc1cc(CN2CCCCC2)ccc1-c1cccc2c(C[C@H](NC(=O)c3c(C)cccc3F)C(=O)O)cccc12. The summed E-state index contributed by atoms with van der Waals surface area (Å²) < 4.78 is 20.2. The maximum absolute atomic E-state index is 14.4. The van der Waals surface area contributed by atoms with Crippen molar-refractivity contribution in [3.8, 4) is 16.9 Å². The number of hydrogen-bond acceptors (Lipinski definition) is 4. The Kier molecular flexibility index (Phi) is 8.64. The number of carboxylic acid groups (broad SMARTS) is 1. The summed E-state index contributed by atoms with van der Waals surface area (Å²) in [6, 6.07) is 21.1. The Labute approximate surface area is 239 Å². The number of likely N-dealkylation sites (tertiary alicyclic amines) is 1. The van der Waals surface area contributed by atoms with Gasteiger partial charge in [0, 0.05) is 18.5 Å². The van der Waals surface area contributed by atoms with E-state index in [1.807, 2.05) is 36.4 Å². The zero-order valence-electron chi connectivity index (χ0n) is 23.5. The van der Waals surface area contributed by atoms with E-state index in [0.29, 0.717) is 5.56 Å². The lowest BCUT2D eigenvalue weighted by molar-refractivity contribution is -0.139. The monoisotopic (exact) mass is 554 g/mol. The number of aliphatic carboxylic acids is 1. The van der Waals surface area contributed by atoms with Crippen LogP contribution in [-0.4, -0.2) is 48.1 Å². The van der Waals surface area contributed by atoms with Crippen LogP contribution in [0.15, 0.2) is 72.8 Å². The third-order valence-electron chi connectivity index (χ3n) is 7.90. The molecule has 0 radical (unpaired) electrons. The van der Waals surface area contributed by atoms with Crippen LogP contribution in [0, 0.1) is 12.7 Å². The van der Waals surface area contributed by atoms with Crippen LogP contribution in [0.5, 0.6) is 5.75 Å². The van der Waals surface area contributed by atoms with Gasteiger partial charge in [-0.1, -0.05) is 67.1 Å². The summed E-state index contributed by atoms with van der Waals surface area (Å²) in [5.41, 5.74) is 4.20. The second kappa shape index (κ2) is 12.5. The average molecular weight is 555 g/mol. The van der Waals surface area contributed by atoms with Crippen LogP contribution in [0.1, 0.15) is 46.3 Å². The van der Waals surface area contributed by atoms with Gasteiger partial charge in [0.15, 0.2) is 0 Å². The predicted molar refractivity (Wildman–Crippen MR) is 159 cm³/mol. The number of benzene rings is 4. The normalized spacial score (nSPS) is 14.5. The molecule has 1 amide bonds. The number of hydrogen-bond donors (Lipinski definition) is 2. The van der Waals surface area contributed by atoms with Crippen molar-refractivity contribution in [2.45, 2.75) is 45.2 Å². The fourth-order valence-corrected chi connectivity index (χ4v) is 5.79. The number of fused-ring (bicyclic) bond motifs is 1. The summed E-state index contributed by atoms with van der Waals surface area (Å²) in [5.74, 6) is -1.83. The molecule has 0 aliphatic carbocycles. The highest BCUT2D eigenvalue weighted by Gasteiger charge is 2.25. The van der Waals surface area contributed by atoms with Crippen molar-refractivity contribution in [2.75, 3.05) is 20.2 Å². The molecule has 5 rings (SSSR count). The van der Waals surface area contributed by atoms with Crippen molar-refractivity contribution in [2.24, 2.45) is 0 Å². The van der Waals surface area contributed by atoms with E-state index in [0.717, 1.165) is 52.8 Å². The highest BCUT2D eigenvalue weighted by Crippen LogP contribution is 2.37. The maximum atomic E-state index is 14.4. The molecule has 0 aromatic heterocycles. The van der Waals surface area contributed by atoms with Gasteiger partial charge in [-0.2, -0.15) is 0 Å². The van der Waals surface area contributed by atoms with Gasteiger partial charge in [0.05, 0.1) is 12.7 Å². The van der Waals surface area contributed by atoms with Gasteiger partial charge in [-0.3, -0.25) is 9.69 Å². The summed E-state index contributed by atoms with van der Waals surface area (Å²) in [6.45, 7) is 4.75. The van der Waals surface area contributed by atoms with Gasteiger partial charge in [-0.25, -0.2) is 9.18 Å². The van der Waals surface area contributed by atoms with E-state index in [2.05, 4.69) is 28.4 Å². The lowest BCUT2D eigenvalue weighted by atomic mass is 9.92. The summed E-state index contributed by atoms with van der Waals surface area (Å²) in [7, 11) is 1.68. The molecule has 1 aliphatic rings. The summed E-state index contributed by atoms with van der Waals surface area (Å²) in [5, 5.41) is 14.3. The van der Waals surface area contributed by atoms with Gasteiger partial charge < -0.3 is 15.2 Å². The number of amides is 1. The fourth-order valence-electron chi connectivity index (χ4n) is 5.79. The standard InChI is InChI=1S/C34H35FN2O4/c1-22-9-6-14-29(35)32(22)33(38)36-30(34(39)40)20-24-10-7-12-26-25(24)11-8-13-27(26)28-16-15-23(19-31(28)41-2)21-37-17-4-3-5-18-37/h6-16,19,30H,3-5,17-18,20-21H2,1-2H3,(H,36,38)(H,39,40)/t30-/m0/s1. The highest BCUT2D eigenvalue weighted by atomic mass is 19.1. The van der Waals surface area contributed by atoms with Crippen LogP contribution in [-0.2, 0) is 17.8 Å². The Balaban J connectivity index is 1.44. The van der Waals surface area contributed by atoms with Gasteiger partial charge in [0.25, 0.3) is 5.91 Å². The zero-order valence-corrected chi connectivity index (χ0v) is 23.5.